The van der Waals surface area contributed by atoms with Crippen LogP contribution in [0.5, 0.6) is 0 Å². The van der Waals surface area contributed by atoms with Crippen LogP contribution < -0.4 is 14.5 Å². The lowest BCUT2D eigenvalue weighted by molar-refractivity contribution is -0.142. The Morgan fingerprint density at radius 2 is 2.03 bits per heavy atom. The summed E-state index contributed by atoms with van der Waals surface area (Å²) >= 11 is -1.48. The molecule has 1 aliphatic carbocycles. The molecule has 1 atom stereocenters. The fourth-order valence-corrected chi connectivity index (χ4v) is 5.19. The van der Waals surface area contributed by atoms with Gasteiger partial charge in [-0.1, -0.05) is 24.2 Å². The third kappa shape index (κ3) is 6.93. The molecule has 1 heterocycles. The van der Waals surface area contributed by atoms with E-state index < -0.39 is 34.9 Å². The molecule has 1 saturated carbocycles. The molecule has 3 rings (SSSR count). The van der Waals surface area contributed by atoms with Gasteiger partial charge in [0.25, 0.3) is 11.3 Å². The van der Waals surface area contributed by atoms with Crippen molar-refractivity contribution in [3.8, 4) is 0 Å². The van der Waals surface area contributed by atoms with Gasteiger partial charge in [-0.25, -0.2) is 22.8 Å². The minimum absolute atomic E-state index is 0.0831. The highest BCUT2D eigenvalue weighted by Crippen LogP contribution is 2.31. The highest BCUT2D eigenvalue weighted by molar-refractivity contribution is 7.81. The van der Waals surface area contributed by atoms with Crippen molar-refractivity contribution in [3.05, 3.63) is 36.0 Å². The van der Waals surface area contributed by atoms with Crippen molar-refractivity contribution >= 4 is 50.4 Å². The number of aromatic nitrogens is 1. The first-order valence-electron chi connectivity index (χ1n) is 10.8. The molecule has 0 saturated heterocycles. The predicted molar refractivity (Wildman–Crippen MR) is 126 cm³/mol. The van der Waals surface area contributed by atoms with Crippen molar-refractivity contribution in [1.29, 1.82) is 0 Å². The average Bonchev–Trinajstić information content (AvgIpc) is 3.46. The molecule has 0 aliphatic heterocycles. The molecule has 2 amide bonds. The van der Waals surface area contributed by atoms with E-state index >= 15 is 0 Å². The summed E-state index contributed by atoms with van der Waals surface area (Å²) < 4.78 is 54.5. The molecule has 1 aliphatic rings. The summed E-state index contributed by atoms with van der Waals surface area (Å²) in [5, 5.41) is 3.03. The standard InChI is InChI=1S/C21H26F2N4O5S2/c1-2-32-19(28)9-10-27(34(30)31)18-12-24-20(33-18)25-21(29)26(13-14-5-3-4-6-14)15-7-8-16(22)17(23)11-15/h7-8,11-12,14H,2-6,9-10,13H2,1H3,(H,30,31)(H,24,25,29). The van der Waals surface area contributed by atoms with Gasteiger partial charge in [-0.2, -0.15) is 0 Å². The number of benzene rings is 1. The summed E-state index contributed by atoms with van der Waals surface area (Å²) in [6.45, 7) is 2.11. The first-order valence-corrected chi connectivity index (χ1v) is 12.7. The van der Waals surface area contributed by atoms with Crippen LogP contribution in [0.25, 0.3) is 0 Å². The highest BCUT2D eigenvalue weighted by Gasteiger charge is 2.25. The summed E-state index contributed by atoms with van der Waals surface area (Å²) in [4.78, 5) is 30.1. The van der Waals surface area contributed by atoms with Crippen LogP contribution in [0, 0.1) is 17.6 Å². The Morgan fingerprint density at radius 1 is 1.29 bits per heavy atom. The van der Waals surface area contributed by atoms with Crippen LogP contribution in [-0.4, -0.2) is 45.4 Å². The number of hydrogen-bond donors (Lipinski definition) is 2. The summed E-state index contributed by atoms with van der Waals surface area (Å²) in [5.74, 6) is -2.33. The number of ether oxygens (including phenoxy) is 1. The number of nitrogens with one attached hydrogen (secondary N) is 1. The van der Waals surface area contributed by atoms with Crippen LogP contribution in [-0.2, 0) is 20.8 Å². The predicted octanol–water partition coefficient (Wildman–Crippen LogP) is 4.55. The maximum atomic E-state index is 13.9. The van der Waals surface area contributed by atoms with Gasteiger partial charge in [-0.3, -0.25) is 23.9 Å². The zero-order valence-electron chi connectivity index (χ0n) is 18.5. The van der Waals surface area contributed by atoms with Crippen LogP contribution in [0.3, 0.4) is 0 Å². The number of hydrogen-bond acceptors (Lipinski definition) is 6. The molecule has 1 fully saturated rings. The molecule has 0 spiro atoms. The van der Waals surface area contributed by atoms with E-state index in [0.29, 0.717) is 6.54 Å². The van der Waals surface area contributed by atoms with E-state index in [1.165, 1.54) is 17.2 Å². The van der Waals surface area contributed by atoms with E-state index in [9.17, 15) is 27.1 Å². The van der Waals surface area contributed by atoms with Crippen molar-refractivity contribution in [2.45, 2.75) is 39.0 Å². The number of amides is 2. The molecule has 0 radical (unpaired) electrons. The number of carbonyl (C=O) groups is 2. The fourth-order valence-electron chi connectivity index (χ4n) is 3.70. The van der Waals surface area contributed by atoms with Crippen LogP contribution in [0.2, 0.25) is 0 Å². The van der Waals surface area contributed by atoms with Crippen LogP contribution in [0.15, 0.2) is 24.4 Å². The maximum absolute atomic E-state index is 13.9. The molecule has 0 bridgehead atoms. The molecular formula is C21H26F2N4O5S2. The Morgan fingerprint density at radius 3 is 2.68 bits per heavy atom. The van der Waals surface area contributed by atoms with E-state index in [-0.39, 0.29) is 41.3 Å². The lowest BCUT2D eigenvalue weighted by Gasteiger charge is -2.25. The molecule has 1 aromatic heterocycles. The second kappa shape index (κ2) is 12.2. The minimum atomic E-state index is -2.43. The zero-order chi connectivity index (χ0) is 24.7. The number of anilines is 3. The molecular weight excluding hydrogens is 490 g/mol. The summed E-state index contributed by atoms with van der Waals surface area (Å²) in [7, 11) is 0. The smallest absolute Gasteiger partial charge is 0.328 e. The molecule has 186 valence electrons. The van der Waals surface area contributed by atoms with Crippen molar-refractivity contribution in [2.75, 3.05) is 34.2 Å². The Balaban J connectivity index is 1.74. The second-order valence-corrected chi connectivity index (χ2v) is 9.59. The first-order chi connectivity index (χ1) is 16.3. The Labute approximate surface area is 202 Å². The summed E-state index contributed by atoms with van der Waals surface area (Å²) in [6.07, 6.45) is 5.17. The largest absolute Gasteiger partial charge is 0.466 e. The Hall–Kier alpha value is -2.64. The van der Waals surface area contributed by atoms with Crippen LogP contribution >= 0.6 is 11.3 Å². The monoisotopic (exact) mass is 516 g/mol. The molecule has 9 nitrogen and oxygen atoms in total. The Bertz CT molecular complexity index is 1030. The van der Waals surface area contributed by atoms with Crippen LogP contribution in [0.1, 0.15) is 39.0 Å². The third-order valence-electron chi connectivity index (χ3n) is 5.34. The van der Waals surface area contributed by atoms with Crippen molar-refractivity contribution < 1.29 is 31.9 Å². The number of nitrogens with zero attached hydrogens (tertiary/aromatic N) is 3. The van der Waals surface area contributed by atoms with E-state index in [0.717, 1.165) is 53.5 Å². The highest BCUT2D eigenvalue weighted by atomic mass is 32.2. The quantitative estimate of drug-likeness (QED) is 0.354. The molecule has 2 aromatic rings. The summed E-state index contributed by atoms with van der Waals surface area (Å²) in [6, 6.07) is 2.70. The van der Waals surface area contributed by atoms with Crippen molar-refractivity contribution in [3.63, 3.8) is 0 Å². The van der Waals surface area contributed by atoms with Crippen LogP contribution in [0.4, 0.5) is 29.4 Å². The van der Waals surface area contributed by atoms with Gasteiger partial charge in [-0.15, -0.1) is 0 Å². The molecule has 13 heteroatoms. The molecule has 1 unspecified atom stereocenters. The normalized spacial score (nSPS) is 14.6. The number of halogens is 2. The summed E-state index contributed by atoms with van der Waals surface area (Å²) in [5.41, 5.74) is 0.215. The SMILES string of the molecule is CCOC(=O)CCN(c1cnc(NC(=O)N(CC2CCCC2)c2ccc(F)c(F)c2)s1)S(=O)O. The number of carbonyl (C=O) groups excluding carboxylic acids is 2. The van der Waals surface area contributed by atoms with Gasteiger partial charge in [0.05, 0.1) is 19.2 Å². The van der Waals surface area contributed by atoms with Gasteiger partial charge in [0.15, 0.2) is 16.8 Å². The molecule has 1 aromatic carbocycles. The molecule has 2 N–H and O–H groups in total. The number of urea groups is 1. The third-order valence-corrected chi connectivity index (χ3v) is 7.15. The van der Waals surface area contributed by atoms with Gasteiger partial charge in [0, 0.05) is 24.8 Å². The van der Waals surface area contributed by atoms with E-state index in [1.807, 2.05) is 0 Å². The maximum Gasteiger partial charge on any atom is 0.328 e. The number of thiazole rings is 1. The van der Waals surface area contributed by atoms with Crippen molar-refractivity contribution in [1.82, 2.24) is 4.98 Å². The molecule has 34 heavy (non-hydrogen) atoms. The van der Waals surface area contributed by atoms with Crippen molar-refractivity contribution in [2.24, 2.45) is 5.92 Å². The lowest BCUT2D eigenvalue weighted by Crippen LogP contribution is -2.38. The fraction of sp³-hybridized carbons (Fsp3) is 0.476. The first kappa shape index (κ1) is 26.0. The van der Waals surface area contributed by atoms with Gasteiger partial charge in [-0.05, 0) is 37.8 Å². The topological polar surface area (TPSA) is 112 Å². The number of rotatable bonds is 10. The van der Waals surface area contributed by atoms with E-state index in [2.05, 4.69) is 10.3 Å². The zero-order valence-corrected chi connectivity index (χ0v) is 20.2. The van der Waals surface area contributed by atoms with Gasteiger partial charge in [0.1, 0.15) is 5.00 Å². The van der Waals surface area contributed by atoms with E-state index in [4.69, 9.17) is 4.74 Å². The van der Waals surface area contributed by atoms with E-state index in [1.54, 1.807) is 6.92 Å². The number of esters is 1. The Kier molecular flexibility index (Phi) is 9.30. The second-order valence-electron chi connectivity index (χ2n) is 7.68. The average molecular weight is 517 g/mol. The van der Waals surface area contributed by atoms with Gasteiger partial charge in [0.2, 0.25) is 0 Å². The van der Waals surface area contributed by atoms with Gasteiger partial charge >= 0.3 is 12.0 Å². The lowest BCUT2D eigenvalue weighted by atomic mass is 10.1. The minimum Gasteiger partial charge on any atom is -0.466 e. The van der Waals surface area contributed by atoms with Gasteiger partial charge < -0.3 is 4.74 Å².